The topological polar surface area (TPSA) is 56.5 Å². The molecule has 0 radical (unpaired) electrons. The second-order valence-electron chi connectivity index (χ2n) is 5.09. The molecule has 106 valence electrons. The normalized spacial score (nSPS) is 24.4. The molecule has 1 fully saturated rings. The third-order valence-corrected chi connectivity index (χ3v) is 4.30. The molecule has 1 aliphatic rings. The largest absolute Gasteiger partial charge is 0.496 e. The van der Waals surface area contributed by atoms with Gasteiger partial charge in [-0.2, -0.15) is 0 Å². The van der Waals surface area contributed by atoms with Crippen LogP contribution in [0.25, 0.3) is 0 Å². The molecule has 0 aliphatic carbocycles. The highest BCUT2D eigenvalue weighted by molar-refractivity contribution is 9.10. The van der Waals surface area contributed by atoms with Crippen molar-refractivity contribution in [2.75, 3.05) is 13.7 Å². The lowest BCUT2D eigenvalue weighted by molar-refractivity contribution is 0.117. The first kappa shape index (κ1) is 14.8. The van der Waals surface area contributed by atoms with Gasteiger partial charge in [0.25, 0.3) is 0 Å². The monoisotopic (exact) mass is 328 g/mol. The molecule has 1 heterocycles. The molecule has 0 amide bonds. The maximum atomic E-state index is 5.70. The molecular weight excluding hydrogens is 308 g/mol. The van der Waals surface area contributed by atoms with Crippen LogP contribution in [-0.4, -0.2) is 25.9 Å². The van der Waals surface area contributed by atoms with Crippen LogP contribution in [0.5, 0.6) is 5.75 Å². The predicted molar refractivity (Wildman–Crippen MR) is 79.0 cm³/mol. The summed E-state index contributed by atoms with van der Waals surface area (Å²) < 4.78 is 11.8. The van der Waals surface area contributed by atoms with Gasteiger partial charge in [-0.25, -0.2) is 0 Å². The van der Waals surface area contributed by atoms with Gasteiger partial charge in [0.2, 0.25) is 0 Å². The Morgan fingerprint density at radius 1 is 1.58 bits per heavy atom. The average Bonchev–Trinajstić information content (AvgIpc) is 2.82. The Kier molecular flexibility index (Phi) is 5.21. The lowest BCUT2D eigenvalue weighted by Gasteiger charge is -2.22. The lowest BCUT2D eigenvalue weighted by Crippen LogP contribution is -2.42. The van der Waals surface area contributed by atoms with Crippen LogP contribution in [0.3, 0.4) is 0 Å². The van der Waals surface area contributed by atoms with Gasteiger partial charge in [0.15, 0.2) is 0 Å². The second kappa shape index (κ2) is 6.70. The molecule has 3 unspecified atom stereocenters. The van der Waals surface area contributed by atoms with E-state index in [1.807, 2.05) is 6.07 Å². The number of rotatable bonds is 5. The van der Waals surface area contributed by atoms with E-state index >= 15 is 0 Å². The lowest BCUT2D eigenvalue weighted by atomic mass is 9.92. The number of nitrogens with two attached hydrogens (primary N) is 1. The van der Waals surface area contributed by atoms with Crippen molar-refractivity contribution in [2.24, 2.45) is 11.8 Å². The fourth-order valence-electron chi connectivity index (χ4n) is 2.58. The fraction of sp³-hybridized carbons (Fsp3) is 0.571. The first-order chi connectivity index (χ1) is 9.13. The van der Waals surface area contributed by atoms with Gasteiger partial charge in [-0.15, -0.1) is 0 Å². The van der Waals surface area contributed by atoms with Crippen LogP contribution in [-0.2, 0) is 11.2 Å². The van der Waals surface area contributed by atoms with Crippen molar-refractivity contribution in [2.45, 2.75) is 31.9 Å². The smallest absolute Gasteiger partial charge is 0.133 e. The summed E-state index contributed by atoms with van der Waals surface area (Å²) >= 11 is 3.51. The highest BCUT2D eigenvalue weighted by Gasteiger charge is 2.29. The van der Waals surface area contributed by atoms with Gasteiger partial charge in [-0.05, 0) is 53.4 Å². The SMILES string of the molecule is COc1ccc(CC(NN)C2COC(C)C2)cc1Br. The van der Waals surface area contributed by atoms with Crippen LogP contribution < -0.4 is 16.0 Å². The van der Waals surface area contributed by atoms with Crippen LogP contribution in [0.4, 0.5) is 0 Å². The summed E-state index contributed by atoms with van der Waals surface area (Å²) in [5.41, 5.74) is 4.17. The van der Waals surface area contributed by atoms with Crippen molar-refractivity contribution >= 4 is 15.9 Å². The molecule has 1 aliphatic heterocycles. The minimum absolute atomic E-state index is 0.241. The van der Waals surface area contributed by atoms with Crippen LogP contribution in [0, 0.1) is 5.92 Å². The first-order valence-corrected chi connectivity index (χ1v) is 7.33. The van der Waals surface area contributed by atoms with E-state index in [1.54, 1.807) is 7.11 Å². The molecule has 3 N–H and O–H groups in total. The van der Waals surface area contributed by atoms with Crippen molar-refractivity contribution in [3.8, 4) is 5.75 Å². The molecule has 0 bridgehead atoms. The van der Waals surface area contributed by atoms with Crippen molar-refractivity contribution in [1.82, 2.24) is 5.43 Å². The minimum Gasteiger partial charge on any atom is -0.496 e. The van der Waals surface area contributed by atoms with Crippen molar-refractivity contribution in [1.29, 1.82) is 0 Å². The zero-order chi connectivity index (χ0) is 13.8. The maximum Gasteiger partial charge on any atom is 0.133 e. The summed E-state index contributed by atoms with van der Waals surface area (Å²) in [6, 6.07) is 6.38. The molecule has 0 saturated carbocycles. The Hall–Kier alpha value is -0.620. The Morgan fingerprint density at radius 2 is 2.37 bits per heavy atom. The summed E-state index contributed by atoms with van der Waals surface area (Å²) in [7, 11) is 1.67. The fourth-order valence-corrected chi connectivity index (χ4v) is 3.17. The number of hydrazine groups is 1. The zero-order valence-corrected chi connectivity index (χ0v) is 12.9. The number of hydrogen-bond donors (Lipinski definition) is 2. The van der Waals surface area contributed by atoms with Gasteiger partial charge < -0.3 is 9.47 Å². The highest BCUT2D eigenvalue weighted by atomic mass is 79.9. The van der Waals surface area contributed by atoms with E-state index in [9.17, 15) is 0 Å². The molecule has 1 aromatic carbocycles. The first-order valence-electron chi connectivity index (χ1n) is 6.54. The van der Waals surface area contributed by atoms with Gasteiger partial charge in [0.05, 0.1) is 24.3 Å². The number of hydrogen-bond acceptors (Lipinski definition) is 4. The van der Waals surface area contributed by atoms with Gasteiger partial charge in [0, 0.05) is 12.0 Å². The molecule has 2 rings (SSSR count). The molecule has 0 spiro atoms. The minimum atomic E-state index is 0.241. The Bertz CT molecular complexity index is 428. The van der Waals surface area contributed by atoms with Gasteiger partial charge in [0.1, 0.15) is 5.75 Å². The van der Waals surface area contributed by atoms with Gasteiger partial charge in [-0.1, -0.05) is 6.07 Å². The van der Waals surface area contributed by atoms with Crippen LogP contribution in [0.2, 0.25) is 0 Å². The molecule has 1 saturated heterocycles. The third kappa shape index (κ3) is 3.69. The number of ether oxygens (including phenoxy) is 2. The zero-order valence-electron chi connectivity index (χ0n) is 11.4. The average molecular weight is 329 g/mol. The molecule has 5 heteroatoms. The van der Waals surface area contributed by atoms with E-state index in [0.717, 1.165) is 29.7 Å². The summed E-state index contributed by atoms with van der Waals surface area (Å²) in [6.07, 6.45) is 2.29. The number of benzene rings is 1. The molecule has 19 heavy (non-hydrogen) atoms. The van der Waals surface area contributed by atoms with E-state index in [4.69, 9.17) is 15.3 Å². The molecule has 0 aromatic heterocycles. The molecular formula is C14H21BrN2O2. The van der Waals surface area contributed by atoms with Gasteiger partial charge in [-0.3, -0.25) is 11.3 Å². The molecule has 1 aromatic rings. The summed E-state index contributed by atoms with van der Waals surface area (Å²) in [4.78, 5) is 0. The quantitative estimate of drug-likeness (QED) is 0.643. The molecule has 3 atom stereocenters. The highest BCUT2D eigenvalue weighted by Crippen LogP contribution is 2.28. The summed E-state index contributed by atoms with van der Waals surface area (Å²) in [5, 5.41) is 0. The predicted octanol–water partition coefficient (Wildman–Crippen LogP) is 2.26. The Labute approximate surface area is 122 Å². The van der Waals surface area contributed by atoms with Crippen LogP contribution in [0.1, 0.15) is 18.9 Å². The Morgan fingerprint density at radius 3 is 2.89 bits per heavy atom. The second-order valence-corrected chi connectivity index (χ2v) is 5.94. The molecule has 4 nitrogen and oxygen atoms in total. The van der Waals surface area contributed by atoms with E-state index in [1.165, 1.54) is 5.56 Å². The van der Waals surface area contributed by atoms with E-state index in [-0.39, 0.29) is 6.04 Å². The van der Waals surface area contributed by atoms with Gasteiger partial charge >= 0.3 is 0 Å². The van der Waals surface area contributed by atoms with Crippen molar-refractivity contribution in [3.05, 3.63) is 28.2 Å². The summed E-state index contributed by atoms with van der Waals surface area (Å²) in [6.45, 7) is 2.89. The third-order valence-electron chi connectivity index (χ3n) is 3.68. The van der Waals surface area contributed by atoms with E-state index in [2.05, 4.69) is 40.4 Å². The van der Waals surface area contributed by atoms with E-state index in [0.29, 0.717) is 12.0 Å². The summed E-state index contributed by atoms with van der Waals surface area (Å²) in [5.74, 6) is 7.02. The standard InChI is InChI=1S/C14H21BrN2O2/c1-9-5-11(8-19-9)13(17-16)7-10-3-4-14(18-2)12(15)6-10/h3-4,6,9,11,13,17H,5,7-8,16H2,1-2H3. The Balaban J connectivity index is 2.03. The van der Waals surface area contributed by atoms with Crippen LogP contribution in [0.15, 0.2) is 22.7 Å². The van der Waals surface area contributed by atoms with E-state index < -0.39 is 0 Å². The van der Waals surface area contributed by atoms with Crippen molar-refractivity contribution in [3.63, 3.8) is 0 Å². The van der Waals surface area contributed by atoms with Crippen molar-refractivity contribution < 1.29 is 9.47 Å². The maximum absolute atomic E-state index is 5.70. The number of halogens is 1. The number of methoxy groups -OCH3 is 1. The van der Waals surface area contributed by atoms with Crippen LogP contribution >= 0.6 is 15.9 Å². The number of nitrogens with one attached hydrogen (secondary N) is 1.